The number of likely N-dealkylation sites (tertiary alicyclic amines) is 1. The average molecular weight is 473 g/mol. The molecule has 2 saturated heterocycles. The predicted molar refractivity (Wildman–Crippen MR) is 124 cm³/mol. The molecule has 0 spiro atoms. The molecule has 176 valence electrons. The Kier molecular flexibility index (Phi) is 5.35. The van der Waals surface area contributed by atoms with Gasteiger partial charge in [-0.05, 0) is 85.6 Å². The summed E-state index contributed by atoms with van der Waals surface area (Å²) in [5.41, 5.74) is 3.81. The van der Waals surface area contributed by atoms with Gasteiger partial charge in [0.05, 0.1) is 5.25 Å². The van der Waals surface area contributed by atoms with Gasteiger partial charge in [0.25, 0.3) is 0 Å². The molecule has 4 nitrogen and oxygen atoms in total. The van der Waals surface area contributed by atoms with Crippen LogP contribution in [0.5, 0.6) is 0 Å². The summed E-state index contributed by atoms with van der Waals surface area (Å²) in [5.74, 6) is -0.346. The van der Waals surface area contributed by atoms with Crippen molar-refractivity contribution in [1.82, 2.24) is 9.21 Å². The Bertz CT molecular complexity index is 1170. The van der Waals surface area contributed by atoms with Crippen molar-refractivity contribution in [2.24, 2.45) is 0 Å². The van der Waals surface area contributed by atoms with Crippen LogP contribution in [0.1, 0.15) is 59.8 Å². The van der Waals surface area contributed by atoms with Crippen molar-refractivity contribution in [1.29, 1.82) is 0 Å². The summed E-state index contributed by atoms with van der Waals surface area (Å²) in [6.07, 6.45) is 5.20. The molecule has 0 radical (unpaired) electrons. The number of hydrogen-bond acceptors (Lipinski definition) is 3. The van der Waals surface area contributed by atoms with Crippen LogP contribution in [-0.2, 0) is 22.9 Å². The lowest BCUT2D eigenvalue weighted by Crippen LogP contribution is -2.53. The first-order chi connectivity index (χ1) is 15.9. The lowest BCUT2D eigenvalue weighted by molar-refractivity contribution is 0.106. The topological polar surface area (TPSA) is 40.6 Å². The second-order valence-electron chi connectivity index (χ2n) is 10.3. The first kappa shape index (κ1) is 21.7. The van der Waals surface area contributed by atoms with E-state index < -0.39 is 10.0 Å². The number of hydrogen-bond donors (Lipinski definition) is 0. The quantitative estimate of drug-likeness (QED) is 0.633. The van der Waals surface area contributed by atoms with Crippen LogP contribution in [-0.4, -0.2) is 55.1 Å². The standard InChI is InChI=1S/C26H30F2N2O2S/c27-20-5-1-4-17(10-20)11-24-22-14-23(19-15-30(16-19)33(31,32)21-6-2-7-21)25(28)12-18(22)13-26(24)29-8-3-9-29/h1,4-5,10,12,14,19,21,24,26H,2-3,6-9,11,13,15-16H2. The molecule has 0 aromatic heterocycles. The van der Waals surface area contributed by atoms with Crippen LogP contribution < -0.4 is 0 Å². The zero-order chi connectivity index (χ0) is 22.7. The minimum atomic E-state index is -3.23. The van der Waals surface area contributed by atoms with Crippen molar-refractivity contribution in [3.05, 3.63) is 70.3 Å². The zero-order valence-electron chi connectivity index (χ0n) is 18.7. The van der Waals surface area contributed by atoms with E-state index in [1.165, 1.54) is 12.5 Å². The van der Waals surface area contributed by atoms with Gasteiger partial charge in [0.1, 0.15) is 11.6 Å². The highest BCUT2D eigenvalue weighted by atomic mass is 32.2. The summed E-state index contributed by atoms with van der Waals surface area (Å²) >= 11 is 0. The summed E-state index contributed by atoms with van der Waals surface area (Å²) in [5, 5.41) is -0.240. The van der Waals surface area contributed by atoms with E-state index >= 15 is 4.39 Å². The summed E-state index contributed by atoms with van der Waals surface area (Å²) < 4.78 is 55.9. The minimum absolute atomic E-state index is 0.0944. The fourth-order valence-corrected chi connectivity index (χ4v) is 8.13. The van der Waals surface area contributed by atoms with Gasteiger partial charge in [-0.2, -0.15) is 0 Å². The summed E-state index contributed by atoms with van der Waals surface area (Å²) in [6, 6.07) is 10.8. The summed E-state index contributed by atoms with van der Waals surface area (Å²) in [6.45, 7) is 2.87. The third-order valence-electron chi connectivity index (χ3n) is 8.38. The van der Waals surface area contributed by atoms with Gasteiger partial charge >= 0.3 is 0 Å². The Morgan fingerprint density at radius 2 is 1.76 bits per heavy atom. The molecule has 6 rings (SSSR count). The second-order valence-corrected chi connectivity index (χ2v) is 12.5. The van der Waals surface area contributed by atoms with E-state index in [-0.39, 0.29) is 28.7 Å². The third kappa shape index (κ3) is 3.72. The lowest BCUT2D eigenvalue weighted by Gasteiger charge is -2.42. The molecular weight excluding hydrogens is 442 g/mol. The fraction of sp³-hybridized carbons (Fsp3) is 0.538. The maximum atomic E-state index is 15.2. The first-order valence-corrected chi connectivity index (χ1v) is 13.7. The van der Waals surface area contributed by atoms with Crippen molar-refractivity contribution in [3.8, 4) is 0 Å². The molecule has 2 atom stereocenters. The Morgan fingerprint density at radius 1 is 0.970 bits per heavy atom. The fourth-order valence-electron chi connectivity index (χ4n) is 6.00. The number of nitrogens with zero attached hydrogens (tertiary/aromatic N) is 2. The highest BCUT2D eigenvalue weighted by molar-refractivity contribution is 7.89. The van der Waals surface area contributed by atoms with Crippen LogP contribution in [0.2, 0.25) is 0 Å². The first-order valence-electron chi connectivity index (χ1n) is 12.2. The van der Waals surface area contributed by atoms with Crippen LogP contribution >= 0.6 is 0 Å². The summed E-state index contributed by atoms with van der Waals surface area (Å²) in [7, 11) is -3.23. The molecule has 0 N–H and O–H groups in total. The molecular formula is C26H30F2N2O2S. The lowest BCUT2D eigenvalue weighted by atomic mass is 9.85. The van der Waals surface area contributed by atoms with E-state index in [0.717, 1.165) is 61.9 Å². The van der Waals surface area contributed by atoms with Crippen LogP contribution in [0.15, 0.2) is 36.4 Å². The molecule has 2 unspecified atom stereocenters. The van der Waals surface area contributed by atoms with Gasteiger partial charge in [0, 0.05) is 31.0 Å². The maximum absolute atomic E-state index is 15.2. The molecule has 2 aromatic carbocycles. The van der Waals surface area contributed by atoms with Gasteiger partial charge < -0.3 is 0 Å². The van der Waals surface area contributed by atoms with E-state index in [1.807, 2.05) is 12.1 Å². The van der Waals surface area contributed by atoms with Crippen LogP contribution in [0.3, 0.4) is 0 Å². The number of benzene rings is 2. The van der Waals surface area contributed by atoms with Gasteiger partial charge in [-0.15, -0.1) is 0 Å². The van der Waals surface area contributed by atoms with Crippen molar-refractivity contribution >= 4 is 10.0 Å². The third-order valence-corrected chi connectivity index (χ3v) is 10.7. The van der Waals surface area contributed by atoms with E-state index in [4.69, 9.17) is 0 Å². The molecule has 7 heteroatoms. The van der Waals surface area contributed by atoms with Gasteiger partial charge in [-0.1, -0.05) is 24.6 Å². The molecule has 2 heterocycles. The van der Waals surface area contributed by atoms with E-state index in [0.29, 0.717) is 24.7 Å². The summed E-state index contributed by atoms with van der Waals surface area (Å²) in [4.78, 5) is 2.47. The van der Waals surface area contributed by atoms with Gasteiger partial charge in [0.2, 0.25) is 10.0 Å². The second kappa shape index (κ2) is 8.14. The number of sulfonamides is 1. The minimum Gasteiger partial charge on any atom is -0.299 e. The highest BCUT2D eigenvalue weighted by Gasteiger charge is 2.45. The van der Waals surface area contributed by atoms with Gasteiger partial charge in [-0.3, -0.25) is 4.90 Å². The smallest absolute Gasteiger partial charge is 0.217 e. The van der Waals surface area contributed by atoms with Crippen LogP contribution in [0.4, 0.5) is 8.78 Å². The van der Waals surface area contributed by atoms with Gasteiger partial charge in [-0.25, -0.2) is 21.5 Å². The maximum Gasteiger partial charge on any atom is 0.217 e. The molecule has 33 heavy (non-hydrogen) atoms. The van der Waals surface area contributed by atoms with Crippen LogP contribution in [0.25, 0.3) is 0 Å². The SMILES string of the molecule is O=S(=O)(C1CCC1)N1CC(c2cc3c(cc2F)CC(N2CCC2)C3Cc2cccc(F)c2)C1. The number of fused-ring (bicyclic) bond motifs is 1. The molecule has 1 saturated carbocycles. The molecule has 2 aliphatic heterocycles. The molecule has 0 amide bonds. The Morgan fingerprint density at radius 3 is 2.39 bits per heavy atom. The predicted octanol–water partition coefficient (Wildman–Crippen LogP) is 4.20. The van der Waals surface area contributed by atoms with Crippen molar-refractivity contribution in [3.63, 3.8) is 0 Å². The normalized spacial score (nSPS) is 26.5. The Balaban J connectivity index is 1.27. The molecule has 3 fully saturated rings. The largest absolute Gasteiger partial charge is 0.299 e. The zero-order valence-corrected chi connectivity index (χ0v) is 19.5. The van der Waals surface area contributed by atoms with E-state index in [2.05, 4.69) is 4.90 Å². The Labute approximate surface area is 194 Å². The number of rotatable bonds is 6. The van der Waals surface area contributed by atoms with Crippen LogP contribution in [0, 0.1) is 11.6 Å². The molecule has 4 aliphatic rings. The van der Waals surface area contributed by atoms with Gasteiger partial charge in [0.15, 0.2) is 0 Å². The number of halogens is 2. The van der Waals surface area contributed by atoms with E-state index in [1.54, 1.807) is 22.5 Å². The Hall–Kier alpha value is -1.83. The van der Waals surface area contributed by atoms with Crippen molar-refractivity contribution in [2.75, 3.05) is 26.2 Å². The molecule has 0 bridgehead atoms. The molecule has 2 aliphatic carbocycles. The monoisotopic (exact) mass is 472 g/mol. The van der Waals surface area contributed by atoms with Crippen molar-refractivity contribution < 1.29 is 17.2 Å². The molecule has 2 aromatic rings. The van der Waals surface area contributed by atoms with Crippen molar-refractivity contribution in [2.45, 2.75) is 61.7 Å². The highest BCUT2D eigenvalue weighted by Crippen LogP contribution is 2.44. The average Bonchev–Trinajstić information content (AvgIpc) is 2.94. The van der Waals surface area contributed by atoms with E-state index in [9.17, 15) is 12.8 Å².